The van der Waals surface area contributed by atoms with Crippen molar-refractivity contribution < 1.29 is 66.3 Å². The van der Waals surface area contributed by atoms with Crippen LogP contribution in [-0.4, -0.2) is 162 Å². The fourth-order valence-corrected chi connectivity index (χ4v) is 20.1. The molecule has 0 atom stereocenters. The van der Waals surface area contributed by atoms with E-state index in [1.807, 2.05) is 175 Å². The van der Waals surface area contributed by atoms with Crippen molar-refractivity contribution in [3.05, 3.63) is 122 Å². The van der Waals surface area contributed by atoms with Gasteiger partial charge in [0.05, 0.1) is 113 Å². The minimum atomic E-state index is -0.514. The zero-order chi connectivity index (χ0) is 101. The van der Waals surface area contributed by atoms with Gasteiger partial charge in [0.15, 0.2) is 40.7 Å². The van der Waals surface area contributed by atoms with Crippen LogP contribution < -0.4 is 37.2 Å². The number of halogens is 1. The highest BCUT2D eigenvalue weighted by molar-refractivity contribution is 6.03. The second kappa shape index (κ2) is 35.4. The van der Waals surface area contributed by atoms with Crippen LogP contribution in [0, 0.1) is 62.5 Å². The summed E-state index contributed by atoms with van der Waals surface area (Å²) in [6, 6.07) is 8.40. The molecule has 6 spiro atoms. The molecule has 39 heteroatoms. The van der Waals surface area contributed by atoms with Gasteiger partial charge in [0, 0.05) is 96.2 Å². The maximum Gasteiger partial charge on any atom is 0.324 e. The normalized spacial score (nSPS) is 19.2. The maximum absolute atomic E-state index is 13.3. The minimum Gasteiger partial charge on any atom is -0.459 e. The van der Waals surface area contributed by atoms with E-state index in [0.717, 1.165) is 177 Å². The lowest BCUT2D eigenvalue weighted by atomic mass is 9.85. The number of fused-ring (bicyclic) bond motifs is 12. The summed E-state index contributed by atoms with van der Waals surface area (Å²) in [6.45, 7) is 43.6. The lowest BCUT2D eigenvalue weighted by molar-refractivity contribution is -0.143. The van der Waals surface area contributed by atoms with E-state index >= 15 is 0 Å². The molecule has 13 heterocycles. The van der Waals surface area contributed by atoms with Crippen molar-refractivity contribution >= 4 is 112 Å². The summed E-state index contributed by atoms with van der Waals surface area (Å²) in [6.07, 6.45) is 18.3. The largest absolute Gasteiger partial charge is 0.459 e. The average Bonchev–Trinajstić information content (AvgIpc) is 1.66. The first-order valence-corrected chi connectivity index (χ1v) is 49.5. The molecule has 0 bridgehead atoms. The molecule has 22 rings (SSSR count). The van der Waals surface area contributed by atoms with Gasteiger partial charge in [0.1, 0.15) is 5.82 Å². The number of nitrogens with one attached hydrogen (secondary N) is 13. The van der Waals surface area contributed by atoms with Crippen molar-refractivity contribution in [2.45, 2.75) is 333 Å². The van der Waals surface area contributed by atoms with Gasteiger partial charge in [-0.2, -0.15) is 30.6 Å². The van der Waals surface area contributed by atoms with Crippen molar-refractivity contribution in [1.29, 1.82) is 0 Å². The Morgan fingerprint density at radius 3 is 0.964 bits per heavy atom. The Kier molecular flexibility index (Phi) is 25.0. The lowest BCUT2D eigenvalue weighted by Gasteiger charge is -2.31. The van der Waals surface area contributed by atoms with E-state index in [0.29, 0.717) is 92.2 Å². The zero-order valence-corrected chi connectivity index (χ0v) is 84.5. The molecule has 140 heavy (non-hydrogen) atoms. The summed E-state index contributed by atoms with van der Waals surface area (Å²) in [5.41, 5.74) is 8.38. The molecule has 0 radical (unpaired) electrons. The number of hydrogen-bond donors (Lipinski definition) is 13. The van der Waals surface area contributed by atoms with Crippen LogP contribution in [0.15, 0.2) is 47.1 Å². The fourth-order valence-electron chi connectivity index (χ4n) is 20.1. The summed E-state index contributed by atoms with van der Waals surface area (Å²) in [5.74, 6) is 4.11. The van der Waals surface area contributed by atoms with Crippen molar-refractivity contribution in [2.24, 2.45) is 56.7 Å². The molecule has 750 valence electrons. The van der Waals surface area contributed by atoms with E-state index < -0.39 is 38.9 Å². The monoisotopic (exact) mass is 1930 g/mol. The molecule has 7 aromatic heterocycles. The quantitative estimate of drug-likeness (QED) is 0.0481. The highest BCUT2D eigenvalue weighted by Crippen LogP contribution is 2.64. The van der Waals surface area contributed by atoms with Gasteiger partial charge in [0.2, 0.25) is 59.1 Å². The Bertz CT molecular complexity index is 6240. The first kappa shape index (κ1) is 98.7. The van der Waals surface area contributed by atoms with Crippen LogP contribution in [0.25, 0.3) is 0 Å². The number of aromatic amines is 6. The number of rotatable bonds is 14. The van der Waals surface area contributed by atoms with Crippen molar-refractivity contribution in [1.82, 2.24) is 90.6 Å². The van der Waals surface area contributed by atoms with E-state index in [1.165, 1.54) is 24.5 Å². The summed E-state index contributed by atoms with van der Waals surface area (Å²) in [5, 5.41) is 63.7. The van der Waals surface area contributed by atoms with Crippen molar-refractivity contribution in [3.63, 3.8) is 0 Å². The van der Waals surface area contributed by atoms with Crippen molar-refractivity contribution in [3.8, 4) is 0 Å². The number of carbonyl (C=O) groups excluding carboxylic acids is 12. The molecule has 38 nitrogen and oxygen atoms in total. The SMILES string of the molecule is CC(C)(C)C(=O)N1Cc2c(NC(=O)C3CC3)n[nH]c2C12CC2.CC(C)(C)C(=O)N1Cc2c(NC(=O)C3CCC3)n[nH]c2C12CC2.CC(C)(C)C(=O)N1Cc2c(NC(=O)Nc3cccc(F)c3)n[nH]c2C12CC2.CC(C)(C)C(=O)Nc1n[nH]c2c1CN(C(=O)C(C)(C)C)C21CC1.CC(C)C(=O)N1Cc2c(NC(=O)c3ccco3)n[nH]c2C12CC2.CC(C)CC(=O)Nc1n[nH]c2c1CN(C(=O)C(C)C)C21CC1. The molecule has 13 N–H and O–H groups in total. The standard InChI is InChI=1S/C19H22FN5O2.C17H24N4O2.C17H26N4O2.C16H18N4O3.C16H22N4O2.C16H24N4O2/c1-18(2,3)16(26)25-10-13-14(19(25)7-8-19)23-24-15(13)22-17(27)21-12-6-4-5-11(20)9-12;1-16(2,3)15(23)21-9-11-12(17(21)7-8-17)19-20-13(11)18-14(22)10-5-4-6-10;1-15(2,3)13(22)18-12-10-9-21(14(23)16(4,5)6)17(7-8-17)11(10)19-20-12;1-9(2)15(22)20-8-10-12(16(20)5-6-16)18-19-13(10)17-14(21)11-4-3-7-23-11;1-15(2,3)14(22)20-8-10-11(16(20)6-7-16)18-19-12(10)17-13(21)9-4-5-9;1-9(2)7-12(21)17-14-11-8-20(15(22)10(3)4)16(5-6-16)13(11)18-19-14/h4-6,9H,7-8,10H2,1-3H3,(H3,21,22,23,24,27);10H,4-9H2,1-3H3,(H2,18,19,20,22);7-9H2,1-6H3,(H2,18,19,20,22);3-4,7,9H,5-6,8H2,1-2H3,(H2,17,18,19,21);9H,4-8H2,1-3H3,(H2,17,18,19,21);9-10H,5-8H2,1-4H3,(H2,17,18,19,21). The van der Waals surface area contributed by atoms with Crippen LogP contribution in [0.1, 0.15) is 339 Å². The van der Waals surface area contributed by atoms with Crippen LogP contribution in [-0.2, 0) is 120 Å². The maximum atomic E-state index is 13.3. The number of urea groups is 1. The number of hydrogen-bond acceptors (Lipinski definition) is 19. The molecule has 6 aliphatic heterocycles. The molecule has 0 saturated heterocycles. The van der Waals surface area contributed by atoms with Gasteiger partial charge < -0.3 is 65.7 Å². The number of benzene rings is 1. The molecule has 8 saturated carbocycles. The highest BCUT2D eigenvalue weighted by Gasteiger charge is 2.66. The Morgan fingerprint density at radius 2 is 0.686 bits per heavy atom. The summed E-state index contributed by atoms with van der Waals surface area (Å²) in [4.78, 5) is 161. The van der Waals surface area contributed by atoms with Gasteiger partial charge in [-0.1, -0.05) is 158 Å². The number of furan rings is 1. The van der Waals surface area contributed by atoms with Crippen LogP contribution in [0.4, 0.5) is 49.8 Å². The Morgan fingerprint density at radius 1 is 0.379 bits per heavy atom. The van der Waals surface area contributed by atoms with Gasteiger partial charge in [0.25, 0.3) is 5.91 Å². The van der Waals surface area contributed by atoms with E-state index in [-0.39, 0.29) is 128 Å². The summed E-state index contributed by atoms with van der Waals surface area (Å²) >= 11 is 0. The smallest absolute Gasteiger partial charge is 0.324 e. The molecule has 8 aromatic rings. The van der Waals surface area contributed by atoms with E-state index in [9.17, 15) is 61.9 Å². The number of amides is 13. The second-order valence-corrected chi connectivity index (χ2v) is 46.7. The van der Waals surface area contributed by atoms with Gasteiger partial charge in [-0.25, -0.2) is 9.18 Å². The van der Waals surface area contributed by atoms with E-state index in [1.54, 1.807) is 18.2 Å². The molecule has 1 aromatic carbocycles. The predicted molar refractivity (Wildman–Crippen MR) is 517 cm³/mol. The summed E-state index contributed by atoms with van der Waals surface area (Å²) < 4.78 is 18.3. The van der Waals surface area contributed by atoms with Crippen LogP contribution in [0.5, 0.6) is 0 Å². The molecule has 8 fully saturated rings. The van der Waals surface area contributed by atoms with Gasteiger partial charge in [-0.05, 0) is 139 Å². The van der Waals surface area contributed by atoms with Crippen LogP contribution in [0.3, 0.4) is 0 Å². The second-order valence-electron chi connectivity index (χ2n) is 46.7. The average molecular weight is 1930 g/mol. The molecular weight excluding hydrogens is 1790 g/mol. The van der Waals surface area contributed by atoms with Crippen molar-refractivity contribution in [2.75, 3.05) is 37.2 Å². The third-order valence-corrected chi connectivity index (χ3v) is 29.4. The topological polar surface area (TPSA) is 494 Å². The first-order valence-electron chi connectivity index (χ1n) is 49.5. The minimum absolute atomic E-state index is 0.0200. The van der Waals surface area contributed by atoms with Gasteiger partial charge in [-0.15, -0.1) is 0 Å². The Labute approximate surface area is 813 Å². The summed E-state index contributed by atoms with van der Waals surface area (Å²) in [7, 11) is 0. The molecular formula is C101H136FN25O13. The van der Waals surface area contributed by atoms with Gasteiger partial charge in [-0.3, -0.25) is 88.6 Å². The highest BCUT2D eigenvalue weighted by atomic mass is 19.1. The van der Waals surface area contributed by atoms with Gasteiger partial charge >= 0.3 is 6.03 Å². The number of anilines is 7. The molecule has 14 aliphatic rings. The lowest BCUT2D eigenvalue weighted by Crippen LogP contribution is -2.42. The van der Waals surface area contributed by atoms with E-state index in [2.05, 4.69) is 98.4 Å². The number of carbonyl (C=O) groups is 12. The Hall–Kier alpha value is -12.9. The predicted octanol–water partition coefficient (Wildman–Crippen LogP) is 15.6. The fraction of sp³-hybridized carbons (Fsp3) is 0.604. The molecule has 8 aliphatic carbocycles. The zero-order valence-electron chi connectivity index (χ0n) is 84.5. The Balaban J connectivity index is 0.000000116. The van der Waals surface area contributed by atoms with E-state index in [4.69, 9.17) is 4.42 Å². The van der Waals surface area contributed by atoms with Crippen LogP contribution >= 0.6 is 0 Å². The number of nitrogens with zero attached hydrogens (tertiary/aromatic N) is 12. The molecule has 0 unspecified atom stereocenters. The number of H-pyrrole nitrogens is 6. The third kappa shape index (κ3) is 18.5. The third-order valence-electron chi connectivity index (χ3n) is 29.4. The first-order chi connectivity index (χ1) is 65.7. The number of aromatic nitrogens is 12. The molecule has 13 amide bonds. The van der Waals surface area contributed by atoms with Crippen LogP contribution in [0.2, 0.25) is 0 Å².